The summed E-state index contributed by atoms with van der Waals surface area (Å²) in [4.78, 5) is 11.5. The molecule has 0 saturated carbocycles. The minimum absolute atomic E-state index is 0.389. The number of hydrogen-bond acceptors (Lipinski definition) is 6. The Morgan fingerprint density at radius 3 is 3.00 bits per heavy atom. The number of thioether (sulfide) groups is 1. The molecule has 1 fully saturated rings. The van der Waals surface area contributed by atoms with Gasteiger partial charge >= 0.3 is 12.7 Å². The van der Waals surface area contributed by atoms with Crippen molar-refractivity contribution >= 4 is 35.8 Å². The summed E-state index contributed by atoms with van der Waals surface area (Å²) >= 11 is 2.87. The number of nitrogens with one attached hydrogen (secondary N) is 1. The van der Waals surface area contributed by atoms with Gasteiger partial charge in [0.05, 0.1) is 13.7 Å². The molecule has 0 radical (unpaired) electrons. The maximum absolute atomic E-state index is 12.0. The third-order valence-corrected chi connectivity index (χ3v) is 6.70. The number of methoxy groups -OCH3 is 1. The van der Waals surface area contributed by atoms with Crippen LogP contribution in [0, 0.1) is 0 Å². The zero-order valence-corrected chi connectivity index (χ0v) is 11.8. The molecule has 1 rings (SSSR count). The van der Waals surface area contributed by atoms with Crippen LogP contribution >= 0.6 is 29.9 Å². The van der Waals surface area contributed by atoms with E-state index < -0.39 is 12.8 Å². The van der Waals surface area contributed by atoms with Gasteiger partial charge in [0.25, 0.3) is 0 Å². The molecule has 1 aliphatic rings. The maximum atomic E-state index is 12.0. The van der Waals surface area contributed by atoms with E-state index in [0.29, 0.717) is 18.8 Å². The van der Waals surface area contributed by atoms with Crippen molar-refractivity contribution in [1.82, 2.24) is 5.09 Å². The van der Waals surface area contributed by atoms with Gasteiger partial charge in [-0.1, -0.05) is 11.4 Å². The first kappa shape index (κ1) is 14.4. The Morgan fingerprint density at radius 1 is 1.75 bits per heavy atom. The third kappa shape index (κ3) is 4.30. The summed E-state index contributed by atoms with van der Waals surface area (Å²) < 4.78 is 21.8. The number of ether oxygens (including phenoxy) is 1. The van der Waals surface area contributed by atoms with Crippen molar-refractivity contribution in [3.63, 3.8) is 0 Å². The van der Waals surface area contributed by atoms with Crippen LogP contribution in [0.1, 0.15) is 6.42 Å². The minimum Gasteiger partial charge on any atom is -0.468 e. The summed E-state index contributed by atoms with van der Waals surface area (Å²) in [5.41, 5.74) is 0. The van der Waals surface area contributed by atoms with E-state index in [1.165, 1.54) is 18.5 Å². The molecule has 0 spiro atoms. The van der Waals surface area contributed by atoms with Crippen LogP contribution in [0.25, 0.3) is 0 Å². The SMILES string of the molecule is COC(=O)[C@H](CCSC)NP1(=O)OCCS1. The molecule has 1 heterocycles. The van der Waals surface area contributed by atoms with Crippen molar-refractivity contribution in [3.05, 3.63) is 0 Å². The van der Waals surface area contributed by atoms with Gasteiger partial charge in [-0.15, -0.1) is 0 Å². The van der Waals surface area contributed by atoms with E-state index in [1.807, 2.05) is 6.26 Å². The highest BCUT2D eigenvalue weighted by Gasteiger charge is 2.34. The molecule has 8 heteroatoms. The summed E-state index contributed by atoms with van der Waals surface area (Å²) in [6.45, 7) is -2.41. The molecular weight excluding hydrogens is 269 g/mol. The highest BCUT2D eigenvalue weighted by molar-refractivity contribution is 8.56. The topological polar surface area (TPSA) is 64.6 Å². The van der Waals surface area contributed by atoms with Crippen LogP contribution in [-0.2, 0) is 18.6 Å². The van der Waals surface area contributed by atoms with Gasteiger partial charge in [-0.2, -0.15) is 11.8 Å². The molecule has 0 aromatic heterocycles. The maximum Gasteiger partial charge on any atom is 0.327 e. The van der Waals surface area contributed by atoms with Crippen LogP contribution in [0.3, 0.4) is 0 Å². The largest absolute Gasteiger partial charge is 0.468 e. The second-order valence-electron chi connectivity index (χ2n) is 3.15. The van der Waals surface area contributed by atoms with Crippen molar-refractivity contribution in [2.24, 2.45) is 0 Å². The van der Waals surface area contributed by atoms with Crippen molar-refractivity contribution in [2.75, 3.05) is 31.5 Å². The molecule has 94 valence electrons. The summed E-state index contributed by atoms with van der Waals surface area (Å²) in [5, 5.41) is 2.79. The van der Waals surface area contributed by atoms with Crippen molar-refractivity contribution in [3.8, 4) is 0 Å². The van der Waals surface area contributed by atoms with Gasteiger partial charge in [0.15, 0.2) is 0 Å². The fourth-order valence-corrected chi connectivity index (χ4v) is 5.39. The quantitative estimate of drug-likeness (QED) is 0.589. The van der Waals surface area contributed by atoms with Crippen LogP contribution < -0.4 is 5.09 Å². The van der Waals surface area contributed by atoms with E-state index in [4.69, 9.17) is 4.52 Å². The van der Waals surface area contributed by atoms with Gasteiger partial charge in [-0.05, 0) is 18.4 Å². The van der Waals surface area contributed by atoms with Crippen molar-refractivity contribution < 1.29 is 18.6 Å². The van der Waals surface area contributed by atoms with Crippen molar-refractivity contribution in [2.45, 2.75) is 12.5 Å². The number of esters is 1. The molecular formula is C8H16NO4PS2. The third-order valence-electron chi connectivity index (χ3n) is 2.02. The Balaban J connectivity index is 2.55. The summed E-state index contributed by atoms with van der Waals surface area (Å²) in [7, 11) is 1.33. The number of hydrogen-bond donors (Lipinski definition) is 1. The number of carbonyl (C=O) groups is 1. The first-order valence-electron chi connectivity index (χ1n) is 4.85. The standard InChI is InChI=1S/C8H16NO4PS2/c1-12-8(10)7(3-5-15-2)9-14(11)13-4-6-16-14/h7H,3-6H2,1-2H3,(H,9,11)/t7-,14?/m0/s1. The predicted molar refractivity (Wildman–Crippen MR) is 68.0 cm³/mol. The van der Waals surface area contributed by atoms with E-state index in [-0.39, 0.29) is 5.97 Å². The first-order chi connectivity index (χ1) is 7.61. The van der Waals surface area contributed by atoms with E-state index in [9.17, 15) is 9.36 Å². The predicted octanol–water partition coefficient (Wildman–Crippen LogP) is 1.74. The second-order valence-corrected chi connectivity index (χ2v) is 8.53. The molecule has 1 N–H and O–H groups in total. The normalized spacial score (nSPS) is 26.6. The smallest absolute Gasteiger partial charge is 0.327 e. The lowest BCUT2D eigenvalue weighted by Crippen LogP contribution is -2.35. The molecule has 1 aliphatic heterocycles. The Bertz CT molecular complexity index is 279. The molecule has 5 nitrogen and oxygen atoms in total. The van der Waals surface area contributed by atoms with Gasteiger partial charge in [-0.3, -0.25) is 9.36 Å². The zero-order valence-electron chi connectivity index (χ0n) is 9.30. The van der Waals surface area contributed by atoms with E-state index >= 15 is 0 Å². The lowest BCUT2D eigenvalue weighted by Gasteiger charge is -2.19. The molecule has 1 unspecified atom stereocenters. The fourth-order valence-electron chi connectivity index (χ4n) is 1.23. The monoisotopic (exact) mass is 285 g/mol. The summed E-state index contributed by atoms with van der Waals surface area (Å²) in [5.74, 6) is 1.11. The van der Waals surface area contributed by atoms with Crippen LogP contribution in [0.5, 0.6) is 0 Å². The zero-order chi connectivity index (χ0) is 12.0. The Hall–Kier alpha value is 0.320. The highest BCUT2D eigenvalue weighted by atomic mass is 32.7. The molecule has 1 saturated heterocycles. The van der Waals surface area contributed by atoms with Crippen LogP contribution in [0.2, 0.25) is 0 Å². The lowest BCUT2D eigenvalue weighted by molar-refractivity contribution is -0.142. The number of rotatable bonds is 6. The van der Waals surface area contributed by atoms with Gasteiger partial charge in [0, 0.05) is 5.75 Å². The van der Waals surface area contributed by atoms with Gasteiger partial charge < -0.3 is 9.26 Å². The Labute approximate surface area is 104 Å². The Morgan fingerprint density at radius 2 is 2.50 bits per heavy atom. The molecule has 0 aliphatic carbocycles. The molecule has 0 amide bonds. The molecule has 0 aromatic rings. The molecule has 0 aromatic carbocycles. The first-order valence-corrected chi connectivity index (χ1v) is 9.46. The van der Waals surface area contributed by atoms with Crippen LogP contribution in [0.15, 0.2) is 0 Å². The summed E-state index contributed by atoms with van der Waals surface area (Å²) in [6.07, 6.45) is 2.54. The van der Waals surface area contributed by atoms with E-state index in [2.05, 4.69) is 9.82 Å². The average Bonchev–Trinajstić information content (AvgIpc) is 2.70. The van der Waals surface area contributed by atoms with Gasteiger partial charge in [0.1, 0.15) is 6.04 Å². The average molecular weight is 285 g/mol. The van der Waals surface area contributed by atoms with Crippen LogP contribution in [0.4, 0.5) is 0 Å². The van der Waals surface area contributed by atoms with Gasteiger partial charge in [-0.25, -0.2) is 5.09 Å². The van der Waals surface area contributed by atoms with Gasteiger partial charge in [0.2, 0.25) is 0 Å². The number of carbonyl (C=O) groups excluding carboxylic acids is 1. The van der Waals surface area contributed by atoms with Crippen LogP contribution in [-0.4, -0.2) is 43.5 Å². The van der Waals surface area contributed by atoms with Crippen molar-refractivity contribution in [1.29, 1.82) is 0 Å². The summed E-state index contributed by atoms with van der Waals surface area (Å²) in [6, 6.07) is -0.547. The second kappa shape index (κ2) is 6.91. The molecule has 16 heavy (non-hydrogen) atoms. The Kier molecular flexibility index (Phi) is 6.21. The fraction of sp³-hybridized carbons (Fsp3) is 0.875. The molecule has 2 atom stereocenters. The molecule has 0 bridgehead atoms. The highest BCUT2D eigenvalue weighted by Crippen LogP contribution is 2.60. The van der Waals surface area contributed by atoms with E-state index in [0.717, 1.165) is 5.75 Å². The minimum atomic E-state index is -2.88. The lowest BCUT2D eigenvalue weighted by atomic mass is 10.2. The van der Waals surface area contributed by atoms with E-state index in [1.54, 1.807) is 11.8 Å².